The normalized spacial score (nSPS) is 14.2. The number of aromatic hydroxyl groups is 1. The molecular formula is C31H46N12O10. The van der Waals surface area contributed by atoms with Gasteiger partial charge in [0, 0.05) is 31.3 Å². The lowest BCUT2D eigenvalue weighted by Gasteiger charge is -2.26. The Labute approximate surface area is 302 Å². The molecule has 0 saturated carbocycles. The zero-order chi connectivity index (χ0) is 39.7. The highest BCUT2D eigenvalue weighted by molar-refractivity contribution is 5.97. The molecule has 0 unspecified atom stereocenters. The van der Waals surface area contributed by atoms with Crippen LogP contribution in [0.4, 0.5) is 0 Å². The van der Waals surface area contributed by atoms with E-state index in [0.717, 1.165) is 0 Å². The van der Waals surface area contributed by atoms with Gasteiger partial charge in [-0.15, -0.1) is 0 Å². The number of nitrogens with two attached hydrogens (primary N) is 4. The molecule has 1 heterocycles. The molecule has 0 aliphatic rings. The molecule has 17 N–H and O–H groups in total. The number of rotatable bonds is 22. The number of carboxylic acid groups (broad SMARTS) is 1. The first-order valence-electron chi connectivity index (χ1n) is 16.2. The number of imidazole rings is 1. The molecule has 1 aromatic carbocycles. The number of carbonyl (C=O) groups is 7. The Balaban J connectivity index is 2.18. The smallest absolute Gasteiger partial charge is 0.326 e. The average Bonchev–Trinajstić information content (AvgIpc) is 3.60. The van der Waals surface area contributed by atoms with E-state index < -0.39 is 90.7 Å². The number of nitrogens with zero attached hydrogens (tertiary/aromatic N) is 2. The van der Waals surface area contributed by atoms with Crippen molar-refractivity contribution in [2.45, 2.75) is 75.3 Å². The number of carbonyl (C=O) groups excluding carboxylic acids is 6. The fraction of sp³-hybridized carbons (Fsp3) is 0.452. The van der Waals surface area contributed by atoms with Crippen molar-refractivity contribution < 1.29 is 48.9 Å². The quantitative estimate of drug-likeness (QED) is 0.0304. The summed E-state index contributed by atoms with van der Waals surface area (Å²) >= 11 is 0. The number of aliphatic imine (C=N–C) groups is 1. The van der Waals surface area contributed by atoms with E-state index in [1.54, 1.807) is 0 Å². The summed E-state index contributed by atoms with van der Waals surface area (Å²) in [7, 11) is 0. The predicted molar refractivity (Wildman–Crippen MR) is 186 cm³/mol. The number of phenolic OH excluding ortho intramolecular Hbond substituents is 1. The number of aromatic nitrogens is 2. The van der Waals surface area contributed by atoms with E-state index in [2.05, 4.69) is 41.5 Å². The van der Waals surface area contributed by atoms with Crippen LogP contribution in [0, 0.1) is 0 Å². The Morgan fingerprint density at radius 2 is 1.51 bits per heavy atom. The van der Waals surface area contributed by atoms with Gasteiger partial charge in [0.15, 0.2) is 5.96 Å². The molecule has 22 heteroatoms. The number of aliphatic hydroxyl groups is 1. The van der Waals surface area contributed by atoms with Crippen molar-refractivity contribution in [3.8, 4) is 5.75 Å². The molecule has 0 spiro atoms. The van der Waals surface area contributed by atoms with Gasteiger partial charge < -0.3 is 69.8 Å². The number of H-pyrrole nitrogens is 1. The van der Waals surface area contributed by atoms with Gasteiger partial charge in [-0.25, -0.2) is 9.78 Å². The number of carboxylic acids is 1. The highest BCUT2D eigenvalue weighted by Gasteiger charge is 2.33. The molecule has 2 rings (SSSR count). The summed E-state index contributed by atoms with van der Waals surface area (Å²) in [5, 5.41) is 41.1. The third-order valence-corrected chi connectivity index (χ3v) is 7.45. The Morgan fingerprint density at radius 3 is 2.08 bits per heavy atom. The Hall–Kier alpha value is -6.29. The lowest BCUT2D eigenvalue weighted by Crippen LogP contribution is -2.60. The molecular weight excluding hydrogens is 700 g/mol. The topological polar surface area (TPSA) is 385 Å². The van der Waals surface area contributed by atoms with Gasteiger partial charge in [0.25, 0.3) is 0 Å². The van der Waals surface area contributed by atoms with Crippen LogP contribution >= 0.6 is 0 Å². The number of hydrogen-bond acceptors (Lipinski definition) is 12. The summed E-state index contributed by atoms with van der Waals surface area (Å²) in [5.41, 5.74) is 22.6. The van der Waals surface area contributed by atoms with Gasteiger partial charge in [-0.05, 0) is 37.5 Å². The highest BCUT2D eigenvalue weighted by atomic mass is 16.4. The van der Waals surface area contributed by atoms with Crippen LogP contribution in [0.1, 0.15) is 37.4 Å². The van der Waals surface area contributed by atoms with Crippen molar-refractivity contribution in [1.82, 2.24) is 36.6 Å². The van der Waals surface area contributed by atoms with E-state index in [1.165, 1.54) is 43.7 Å². The standard InChI is InChI=1S/C31H46N12O10/c1-15(44)25(29(51)38-13-24(47)40-22(30(52)53)10-17-12-36-14-39-17)43-28(50)20(9-16-4-6-18(45)7-5-16)42-27(49)21(11-23(33)46)41-26(48)19(32)3-2-8-37-31(34)35/h4-7,12,14-15,19-22,25,44-45H,2-3,8-11,13,32H2,1H3,(H2,33,46)(H,36,39)(H,38,51)(H,40,47)(H,41,48)(H,42,49)(H,43,50)(H,52,53)(H4,34,35,37)/t15-,19+,20+,21+,22+,25+/m1/s1. The van der Waals surface area contributed by atoms with Crippen molar-refractivity contribution >= 4 is 47.4 Å². The van der Waals surface area contributed by atoms with Crippen molar-refractivity contribution in [2.75, 3.05) is 13.1 Å². The first kappa shape index (κ1) is 42.9. The fourth-order valence-electron chi connectivity index (χ4n) is 4.69. The lowest BCUT2D eigenvalue weighted by atomic mass is 10.0. The monoisotopic (exact) mass is 746 g/mol. The number of benzene rings is 1. The number of amides is 6. The van der Waals surface area contributed by atoms with E-state index in [1.807, 2.05) is 0 Å². The van der Waals surface area contributed by atoms with Crippen LogP contribution in [0.25, 0.3) is 0 Å². The maximum atomic E-state index is 13.6. The van der Waals surface area contributed by atoms with Crippen LogP contribution in [0.15, 0.2) is 41.8 Å². The number of guanidine groups is 1. The van der Waals surface area contributed by atoms with Crippen LogP contribution < -0.4 is 49.5 Å². The first-order chi connectivity index (χ1) is 25.0. The van der Waals surface area contributed by atoms with Gasteiger partial charge in [-0.2, -0.15) is 0 Å². The number of hydrogen-bond donors (Lipinski definition) is 13. The van der Waals surface area contributed by atoms with Crippen LogP contribution in [-0.4, -0.2) is 122 Å². The Bertz CT molecular complexity index is 1600. The zero-order valence-corrected chi connectivity index (χ0v) is 28.8. The van der Waals surface area contributed by atoms with Crippen LogP contribution in [-0.2, 0) is 46.4 Å². The molecule has 0 saturated heterocycles. The summed E-state index contributed by atoms with van der Waals surface area (Å²) in [6.45, 7) is 0.615. The lowest BCUT2D eigenvalue weighted by molar-refractivity contribution is -0.141. The summed E-state index contributed by atoms with van der Waals surface area (Å²) in [6, 6.07) is -1.77. The van der Waals surface area contributed by atoms with Crippen LogP contribution in [0.2, 0.25) is 0 Å². The third-order valence-electron chi connectivity index (χ3n) is 7.45. The summed E-state index contributed by atoms with van der Waals surface area (Å²) in [4.78, 5) is 99.1. The van der Waals surface area contributed by atoms with Crippen molar-refractivity contribution in [3.05, 3.63) is 48.0 Å². The highest BCUT2D eigenvalue weighted by Crippen LogP contribution is 2.12. The molecule has 53 heavy (non-hydrogen) atoms. The minimum Gasteiger partial charge on any atom is -0.508 e. The van der Waals surface area contributed by atoms with Gasteiger partial charge in [0.1, 0.15) is 29.9 Å². The van der Waals surface area contributed by atoms with Crippen molar-refractivity contribution in [2.24, 2.45) is 27.9 Å². The van der Waals surface area contributed by atoms with E-state index in [-0.39, 0.29) is 37.5 Å². The largest absolute Gasteiger partial charge is 0.508 e. The summed E-state index contributed by atoms with van der Waals surface area (Å²) in [5.74, 6) is -7.36. The number of aliphatic carboxylic acids is 1. The molecule has 22 nitrogen and oxygen atoms in total. The maximum Gasteiger partial charge on any atom is 0.326 e. The van der Waals surface area contributed by atoms with Crippen LogP contribution in [0.5, 0.6) is 5.75 Å². The number of phenols is 1. The maximum absolute atomic E-state index is 13.6. The number of aliphatic hydroxyl groups excluding tert-OH is 1. The van der Waals surface area contributed by atoms with Crippen molar-refractivity contribution in [3.63, 3.8) is 0 Å². The van der Waals surface area contributed by atoms with Gasteiger partial charge in [0.2, 0.25) is 35.4 Å². The molecule has 290 valence electrons. The van der Waals surface area contributed by atoms with Gasteiger partial charge >= 0.3 is 5.97 Å². The fourth-order valence-corrected chi connectivity index (χ4v) is 4.69. The zero-order valence-electron chi connectivity index (χ0n) is 28.8. The molecule has 0 aliphatic carbocycles. The summed E-state index contributed by atoms with van der Waals surface area (Å²) < 4.78 is 0. The predicted octanol–water partition coefficient (Wildman–Crippen LogP) is -5.32. The van der Waals surface area contributed by atoms with Crippen molar-refractivity contribution in [1.29, 1.82) is 0 Å². The molecule has 0 radical (unpaired) electrons. The van der Waals surface area contributed by atoms with Gasteiger partial charge in [0.05, 0.1) is 31.4 Å². The minimum absolute atomic E-state index is 0.0940. The molecule has 6 atom stereocenters. The minimum atomic E-state index is -1.69. The molecule has 0 bridgehead atoms. The molecule has 1 aromatic heterocycles. The number of nitrogens with one attached hydrogen (secondary N) is 6. The Kier molecular flexibility index (Phi) is 17.1. The number of aromatic amines is 1. The molecule has 0 fully saturated rings. The SMILES string of the molecule is C[C@@H](O)[C@H](NC(=O)[C@H](Cc1ccc(O)cc1)NC(=O)[C@H](CC(N)=O)NC(=O)[C@@H](N)CCCN=C(N)N)C(=O)NCC(=O)N[C@@H](Cc1cnc[nH]1)C(=O)O. The molecule has 2 aromatic rings. The second kappa shape index (κ2) is 21.2. The van der Waals surface area contributed by atoms with E-state index in [4.69, 9.17) is 22.9 Å². The molecule has 0 aliphatic heterocycles. The third kappa shape index (κ3) is 15.6. The van der Waals surface area contributed by atoms with E-state index in [0.29, 0.717) is 17.7 Å². The van der Waals surface area contributed by atoms with E-state index >= 15 is 0 Å². The summed E-state index contributed by atoms with van der Waals surface area (Å²) in [6.07, 6.45) is 0.515. The second-order valence-electron chi connectivity index (χ2n) is 11.9. The first-order valence-corrected chi connectivity index (χ1v) is 16.2. The number of primary amides is 1. The average molecular weight is 747 g/mol. The Morgan fingerprint density at radius 1 is 0.868 bits per heavy atom. The second-order valence-corrected chi connectivity index (χ2v) is 11.9. The molecule has 6 amide bonds. The van der Waals surface area contributed by atoms with Crippen LogP contribution in [0.3, 0.4) is 0 Å². The van der Waals surface area contributed by atoms with Gasteiger partial charge in [-0.1, -0.05) is 12.1 Å². The van der Waals surface area contributed by atoms with Gasteiger partial charge in [-0.3, -0.25) is 33.8 Å². The van der Waals surface area contributed by atoms with E-state index in [9.17, 15) is 48.9 Å².